The first-order valence-electron chi connectivity index (χ1n) is 9.30. The molecule has 0 radical (unpaired) electrons. The minimum atomic E-state index is -3.69. The molecular formula is C21H24N4O3S. The lowest BCUT2D eigenvalue weighted by Crippen LogP contribution is -2.35. The summed E-state index contributed by atoms with van der Waals surface area (Å²) in [4.78, 5) is 0. The normalized spacial score (nSPS) is 11.6. The largest absolute Gasteiger partial charge is 0.497 e. The van der Waals surface area contributed by atoms with Gasteiger partial charge >= 0.3 is 0 Å². The second-order valence-corrected chi connectivity index (χ2v) is 8.37. The summed E-state index contributed by atoms with van der Waals surface area (Å²) in [5, 5.41) is 10.7. The highest BCUT2D eigenvalue weighted by molar-refractivity contribution is 7.90. The van der Waals surface area contributed by atoms with Crippen molar-refractivity contribution in [1.29, 1.82) is 5.26 Å². The third-order valence-electron chi connectivity index (χ3n) is 4.48. The van der Waals surface area contributed by atoms with Gasteiger partial charge in [0.05, 0.1) is 29.6 Å². The van der Waals surface area contributed by atoms with Gasteiger partial charge in [-0.25, -0.2) is 0 Å². The van der Waals surface area contributed by atoms with E-state index in [-0.39, 0.29) is 6.04 Å². The van der Waals surface area contributed by atoms with Gasteiger partial charge in [-0.05, 0) is 45.0 Å². The van der Waals surface area contributed by atoms with Gasteiger partial charge in [0.1, 0.15) is 11.8 Å². The molecule has 0 unspecified atom stereocenters. The van der Waals surface area contributed by atoms with E-state index in [1.807, 2.05) is 35.8 Å². The fourth-order valence-electron chi connectivity index (χ4n) is 3.42. The molecule has 8 heteroatoms. The highest BCUT2D eigenvalue weighted by atomic mass is 32.2. The lowest BCUT2D eigenvalue weighted by atomic mass is 10.1. The Hall–Kier alpha value is -3.02. The molecule has 29 heavy (non-hydrogen) atoms. The van der Waals surface area contributed by atoms with Crippen LogP contribution in [0.5, 0.6) is 5.75 Å². The average Bonchev–Trinajstić information content (AvgIpc) is 2.99. The van der Waals surface area contributed by atoms with Gasteiger partial charge in [0.25, 0.3) is 10.2 Å². The maximum absolute atomic E-state index is 12.2. The second-order valence-electron chi connectivity index (χ2n) is 6.92. The highest BCUT2D eigenvalue weighted by Crippen LogP contribution is 2.36. The maximum Gasteiger partial charge on any atom is 0.299 e. The molecule has 2 N–H and O–H groups in total. The molecule has 1 aromatic heterocycles. The molecule has 0 fully saturated rings. The number of nitriles is 1. The number of nitrogens with zero attached hydrogens (tertiary/aromatic N) is 2. The van der Waals surface area contributed by atoms with E-state index in [4.69, 9.17) is 4.74 Å². The summed E-state index contributed by atoms with van der Waals surface area (Å²) >= 11 is 0. The van der Waals surface area contributed by atoms with Gasteiger partial charge in [0, 0.05) is 29.6 Å². The first kappa shape index (κ1) is 20.7. The van der Waals surface area contributed by atoms with Gasteiger partial charge in [0.15, 0.2) is 0 Å². The summed E-state index contributed by atoms with van der Waals surface area (Å²) in [7, 11) is -2.08. The van der Waals surface area contributed by atoms with E-state index < -0.39 is 10.2 Å². The molecular weight excluding hydrogens is 388 g/mol. The van der Waals surface area contributed by atoms with Gasteiger partial charge in [-0.2, -0.15) is 18.4 Å². The number of hydrogen-bond acceptors (Lipinski definition) is 4. The standard InChI is InChI=1S/C21H24N4O3S/c1-5-25-20-12-17(28-4)9-10-18(20)19(13-22)21(25)15-7-6-8-16(11-15)24-29(26,27)23-14(2)3/h6-12,14,23-24H,5H2,1-4H3. The molecule has 0 spiro atoms. The number of hydrogen-bond donors (Lipinski definition) is 2. The minimum Gasteiger partial charge on any atom is -0.497 e. The average molecular weight is 413 g/mol. The van der Waals surface area contributed by atoms with Gasteiger partial charge in [-0.3, -0.25) is 4.72 Å². The smallest absolute Gasteiger partial charge is 0.299 e. The molecule has 3 aromatic rings. The van der Waals surface area contributed by atoms with E-state index >= 15 is 0 Å². The SMILES string of the molecule is CCn1c(-c2cccc(NS(=O)(=O)NC(C)C)c2)c(C#N)c2ccc(OC)cc21. The van der Waals surface area contributed by atoms with E-state index in [0.29, 0.717) is 23.5 Å². The molecule has 0 saturated carbocycles. The van der Waals surface area contributed by atoms with Crippen molar-refractivity contribution < 1.29 is 13.2 Å². The Morgan fingerprint density at radius 3 is 2.59 bits per heavy atom. The Bertz CT molecular complexity index is 1190. The lowest BCUT2D eigenvalue weighted by Gasteiger charge is -2.13. The summed E-state index contributed by atoms with van der Waals surface area (Å²) in [6.07, 6.45) is 0. The van der Waals surface area contributed by atoms with Crippen LogP contribution in [0.4, 0.5) is 5.69 Å². The number of aryl methyl sites for hydroxylation is 1. The molecule has 0 aliphatic rings. The van der Waals surface area contributed by atoms with Crippen LogP contribution in [-0.4, -0.2) is 26.1 Å². The summed E-state index contributed by atoms with van der Waals surface area (Å²) in [5.41, 5.74) is 3.36. The summed E-state index contributed by atoms with van der Waals surface area (Å²) < 4.78 is 36.8. The van der Waals surface area contributed by atoms with Crippen LogP contribution in [0, 0.1) is 11.3 Å². The summed E-state index contributed by atoms with van der Waals surface area (Å²) in [6, 6.07) is 14.7. The summed E-state index contributed by atoms with van der Waals surface area (Å²) in [5.74, 6) is 0.710. The van der Waals surface area contributed by atoms with Crippen LogP contribution in [-0.2, 0) is 16.8 Å². The van der Waals surface area contributed by atoms with E-state index in [2.05, 4.69) is 15.5 Å². The van der Waals surface area contributed by atoms with E-state index in [9.17, 15) is 13.7 Å². The van der Waals surface area contributed by atoms with Crippen LogP contribution in [0.1, 0.15) is 26.3 Å². The fourth-order valence-corrected chi connectivity index (χ4v) is 4.54. The molecule has 0 saturated heterocycles. The molecule has 0 aliphatic heterocycles. The fraction of sp³-hybridized carbons (Fsp3) is 0.286. The zero-order valence-corrected chi connectivity index (χ0v) is 17.7. The van der Waals surface area contributed by atoms with Gasteiger partial charge in [0.2, 0.25) is 0 Å². The van der Waals surface area contributed by atoms with Crippen molar-refractivity contribution in [3.8, 4) is 23.1 Å². The zero-order chi connectivity index (χ0) is 21.2. The van der Waals surface area contributed by atoms with Crippen molar-refractivity contribution in [1.82, 2.24) is 9.29 Å². The van der Waals surface area contributed by atoms with Crippen LogP contribution in [0.15, 0.2) is 42.5 Å². The number of benzene rings is 2. The van der Waals surface area contributed by atoms with Crippen molar-refractivity contribution in [2.75, 3.05) is 11.8 Å². The first-order valence-corrected chi connectivity index (χ1v) is 10.8. The second kappa shape index (κ2) is 8.15. The first-order chi connectivity index (χ1) is 13.8. The van der Waals surface area contributed by atoms with Crippen molar-refractivity contribution in [2.45, 2.75) is 33.4 Å². The van der Waals surface area contributed by atoms with E-state index in [1.54, 1.807) is 39.2 Å². The number of fused-ring (bicyclic) bond motifs is 1. The molecule has 7 nitrogen and oxygen atoms in total. The molecule has 0 aliphatic carbocycles. The Balaban J connectivity index is 2.15. The van der Waals surface area contributed by atoms with E-state index in [1.165, 1.54) is 0 Å². The van der Waals surface area contributed by atoms with Crippen LogP contribution in [0.25, 0.3) is 22.2 Å². The van der Waals surface area contributed by atoms with Crippen LogP contribution in [0.2, 0.25) is 0 Å². The third kappa shape index (κ3) is 4.21. The highest BCUT2D eigenvalue weighted by Gasteiger charge is 2.19. The number of rotatable bonds is 7. The lowest BCUT2D eigenvalue weighted by molar-refractivity contribution is 0.415. The van der Waals surface area contributed by atoms with Crippen LogP contribution >= 0.6 is 0 Å². The molecule has 0 atom stereocenters. The van der Waals surface area contributed by atoms with E-state index in [0.717, 1.165) is 22.2 Å². The molecule has 152 valence electrons. The van der Waals surface area contributed by atoms with Crippen LogP contribution < -0.4 is 14.2 Å². The zero-order valence-electron chi connectivity index (χ0n) is 16.9. The predicted molar refractivity (Wildman–Crippen MR) is 115 cm³/mol. The van der Waals surface area contributed by atoms with Gasteiger partial charge in [-0.15, -0.1) is 0 Å². The Labute approximate surface area is 171 Å². The Morgan fingerprint density at radius 2 is 1.97 bits per heavy atom. The monoisotopic (exact) mass is 412 g/mol. The quantitative estimate of drug-likeness (QED) is 0.616. The number of aromatic nitrogens is 1. The third-order valence-corrected chi connectivity index (χ3v) is 5.76. The van der Waals surface area contributed by atoms with Gasteiger partial charge < -0.3 is 9.30 Å². The molecule has 2 aromatic carbocycles. The number of nitrogens with one attached hydrogen (secondary N) is 2. The van der Waals surface area contributed by atoms with Crippen LogP contribution in [0.3, 0.4) is 0 Å². The topological polar surface area (TPSA) is 96.2 Å². The number of anilines is 1. The molecule has 1 heterocycles. The van der Waals surface area contributed by atoms with Crippen molar-refractivity contribution in [3.63, 3.8) is 0 Å². The molecule has 3 rings (SSSR count). The molecule has 0 amide bonds. The number of methoxy groups -OCH3 is 1. The predicted octanol–water partition coefficient (Wildman–Crippen LogP) is 3.86. The molecule has 0 bridgehead atoms. The number of ether oxygens (including phenoxy) is 1. The van der Waals surface area contributed by atoms with Gasteiger partial charge in [-0.1, -0.05) is 12.1 Å². The maximum atomic E-state index is 12.2. The van der Waals surface area contributed by atoms with Crippen molar-refractivity contribution in [3.05, 3.63) is 48.0 Å². The Kier molecular flexibility index (Phi) is 5.82. The summed E-state index contributed by atoms with van der Waals surface area (Å²) in [6.45, 7) is 6.15. The minimum absolute atomic E-state index is 0.224. The Morgan fingerprint density at radius 1 is 1.21 bits per heavy atom. The van der Waals surface area contributed by atoms with Crippen molar-refractivity contribution >= 4 is 26.8 Å². The van der Waals surface area contributed by atoms with Crippen molar-refractivity contribution in [2.24, 2.45) is 0 Å².